The molecular weight excluding hydrogens is 472 g/mol. The van der Waals surface area contributed by atoms with E-state index in [1.54, 1.807) is 24.3 Å². The Kier molecular flexibility index (Phi) is 6.38. The Labute approximate surface area is 224 Å². The Hall–Kier alpha value is -3.92. The summed E-state index contributed by atoms with van der Waals surface area (Å²) < 4.78 is 0. The van der Waals surface area contributed by atoms with Gasteiger partial charge in [0.2, 0.25) is 0 Å². The van der Waals surface area contributed by atoms with E-state index in [0.29, 0.717) is 0 Å². The van der Waals surface area contributed by atoms with Crippen LogP contribution in [0.15, 0.2) is 72.8 Å². The SMILES string of the molecule is Cc1cc(C2(c3ccc(O)c(C)c3)CCC(c3ccc(O)c(C)c3)(c3ccc(O)c(C)c3)CC2)ccc1O. The number of hydrogen-bond acceptors (Lipinski definition) is 4. The normalized spacial score (nSPS) is 16.3. The van der Waals surface area contributed by atoms with Gasteiger partial charge < -0.3 is 20.4 Å². The average Bonchev–Trinajstić information content (AvgIpc) is 2.90. The van der Waals surface area contributed by atoms with Gasteiger partial charge in [-0.25, -0.2) is 0 Å². The van der Waals surface area contributed by atoms with Crippen molar-refractivity contribution in [3.63, 3.8) is 0 Å². The summed E-state index contributed by atoms with van der Waals surface area (Å²) in [5.74, 6) is 1.15. The minimum Gasteiger partial charge on any atom is -0.508 e. The predicted molar refractivity (Wildman–Crippen MR) is 151 cm³/mol. The molecule has 1 aliphatic rings. The van der Waals surface area contributed by atoms with Crippen LogP contribution in [0.3, 0.4) is 0 Å². The first-order chi connectivity index (χ1) is 18.1. The summed E-state index contributed by atoms with van der Waals surface area (Å²) in [6, 6.07) is 23.7. The third-order valence-electron chi connectivity index (χ3n) is 8.95. The van der Waals surface area contributed by atoms with Crippen molar-refractivity contribution in [2.24, 2.45) is 0 Å². The molecular formula is C34H36O4. The minimum atomic E-state index is -0.293. The molecule has 1 saturated carbocycles. The summed E-state index contributed by atoms with van der Waals surface area (Å²) >= 11 is 0. The molecule has 0 heterocycles. The number of rotatable bonds is 4. The summed E-state index contributed by atoms with van der Waals surface area (Å²) in [6.07, 6.45) is 3.39. The quantitative estimate of drug-likeness (QED) is 0.229. The number of aryl methyl sites for hydroxylation is 4. The van der Waals surface area contributed by atoms with E-state index in [9.17, 15) is 20.4 Å². The molecule has 1 fully saturated rings. The molecule has 0 spiro atoms. The van der Waals surface area contributed by atoms with Crippen molar-refractivity contribution in [1.82, 2.24) is 0 Å². The summed E-state index contributed by atoms with van der Waals surface area (Å²) in [5.41, 5.74) is 7.44. The minimum absolute atomic E-state index is 0.287. The van der Waals surface area contributed by atoms with E-state index in [4.69, 9.17) is 0 Å². The zero-order chi connectivity index (χ0) is 27.2. The first-order valence-electron chi connectivity index (χ1n) is 13.3. The summed E-state index contributed by atoms with van der Waals surface area (Å²) in [5, 5.41) is 41.1. The van der Waals surface area contributed by atoms with Gasteiger partial charge in [0.05, 0.1) is 0 Å². The van der Waals surface area contributed by atoms with Crippen LogP contribution in [0, 0.1) is 27.7 Å². The summed E-state index contributed by atoms with van der Waals surface area (Å²) in [6.45, 7) is 7.72. The molecule has 4 nitrogen and oxygen atoms in total. The van der Waals surface area contributed by atoms with Crippen molar-refractivity contribution in [2.45, 2.75) is 64.2 Å². The molecule has 0 unspecified atom stereocenters. The molecule has 0 aliphatic heterocycles. The second-order valence-corrected chi connectivity index (χ2v) is 11.2. The van der Waals surface area contributed by atoms with Crippen LogP contribution in [0.1, 0.15) is 70.2 Å². The lowest BCUT2D eigenvalue weighted by Gasteiger charge is -2.48. The first kappa shape index (κ1) is 25.7. The lowest BCUT2D eigenvalue weighted by Crippen LogP contribution is -2.41. The van der Waals surface area contributed by atoms with Crippen molar-refractivity contribution >= 4 is 0 Å². The molecule has 0 bridgehead atoms. The Morgan fingerprint density at radius 2 is 0.605 bits per heavy atom. The Morgan fingerprint density at radius 3 is 0.789 bits per heavy atom. The van der Waals surface area contributed by atoms with Gasteiger partial charge >= 0.3 is 0 Å². The fraction of sp³-hybridized carbons (Fsp3) is 0.294. The highest BCUT2D eigenvalue weighted by atomic mass is 16.3. The highest BCUT2D eigenvalue weighted by Gasteiger charge is 2.46. The van der Waals surface area contributed by atoms with E-state index in [0.717, 1.165) is 70.2 Å². The standard InChI is InChI=1S/C34H36O4/c1-21-17-25(5-9-29(21)35)33(26-6-10-30(36)22(2)18-26)13-15-34(16-14-33,27-7-11-31(37)23(3)19-27)28-8-12-32(38)24(4)20-28/h5-12,17-20,35-38H,13-16H2,1-4H3. The van der Waals surface area contributed by atoms with Gasteiger partial charge in [-0.3, -0.25) is 0 Å². The number of phenols is 4. The summed E-state index contributed by atoms with van der Waals surface area (Å²) in [7, 11) is 0. The number of hydrogen-bond donors (Lipinski definition) is 4. The molecule has 4 aromatic carbocycles. The smallest absolute Gasteiger partial charge is 0.118 e. The Balaban J connectivity index is 1.68. The van der Waals surface area contributed by atoms with E-state index in [1.165, 1.54) is 0 Å². The molecule has 5 rings (SSSR count). The van der Waals surface area contributed by atoms with E-state index in [-0.39, 0.29) is 33.8 Å². The van der Waals surface area contributed by atoms with Crippen molar-refractivity contribution in [2.75, 3.05) is 0 Å². The van der Waals surface area contributed by atoms with Crippen LogP contribution in [-0.2, 0) is 10.8 Å². The highest BCUT2D eigenvalue weighted by Crippen LogP contribution is 2.55. The zero-order valence-electron chi connectivity index (χ0n) is 22.5. The number of aromatic hydroxyl groups is 4. The average molecular weight is 509 g/mol. The molecule has 4 aromatic rings. The third kappa shape index (κ3) is 4.18. The first-order valence-corrected chi connectivity index (χ1v) is 13.3. The van der Waals surface area contributed by atoms with Crippen molar-refractivity contribution in [3.8, 4) is 23.0 Å². The molecule has 196 valence electrons. The molecule has 38 heavy (non-hydrogen) atoms. The second-order valence-electron chi connectivity index (χ2n) is 11.2. The molecule has 4 heteroatoms. The van der Waals surface area contributed by atoms with Crippen molar-refractivity contribution in [1.29, 1.82) is 0 Å². The van der Waals surface area contributed by atoms with E-state index in [2.05, 4.69) is 24.3 Å². The summed E-state index contributed by atoms with van der Waals surface area (Å²) in [4.78, 5) is 0. The van der Waals surface area contributed by atoms with Crippen LogP contribution in [0.5, 0.6) is 23.0 Å². The van der Waals surface area contributed by atoms with Crippen molar-refractivity contribution in [3.05, 3.63) is 117 Å². The predicted octanol–water partition coefficient (Wildman–Crippen LogP) is 7.59. The van der Waals surface area contributed by atoms with Crippen LogP contribution in [0.2, 0.25) is 0 Å². The molecule has 0 radical (unpaired) electrons. The number of phenolic OH excluding ortho intramolecular Hbond substituents is 4. The lowest BCUT2D eigenvalue weighted by molar-refractivity contribution is 0.256. The molecule has 1 aliphatic carbocycles. The lowest BCUT2D eigenvalue weighted by atomic mass is 9.55. The van der Waals surface area contributed by atoms with Crippen LogP contribution in [-0.4, -0.2) is 20.4 Å². The maximum Gasteiger partial charge on any atom is 0.118 e. The van der Waals surface area contributed by atoms with Gasteiger partial charge in [-0.05, 0) is 122 Å². The van der Waals surface area contributed by atoms with Crippen molar-refractivity contribution < 1.29 is 20.4 Å². The van der Waals surface area contributed by atoms with Gasteiger partial charge in [0, 0.05) is 10.8 Å². The zero-order valence-corrected chi connectivity index (χ0v) is 22.5. The maximum absolute atomic E-state index is 10.3. The third-order valence-corrected chi connectivity index (χ3v) is 8.95. The molecule has 0 aromatic heterocycles. The molecule has 4 N–H and O–H groups in total. The highest BCUT2D eigenvalue weighted by molar-refractivity contribution is 5.52. The largest absolute Gasteiger partial charge is 0.508 e. The van der Waals surface area contributed by atoms with Crippen LogP contribution >= 0.6 is 0 Å². The van der Waals surface area contributed by atoms with Crippen LogP contribution in [0.25, 0.3) is 0 Å². The fourth-order valence-corrected chi connectivity index (χ4v) is 6.40. The Morgan fingerprint density at radius 1 is 0.395 bits per heavy atom. The van der Waals surface area contributed by atoms with Crippen LogP contribution in [0.4, 0.5) is 0 Å². The van der Waals surface area contributed by atoms with Gasteiger partial charge in [0.15, 0.2) is 0 Å². The van der Waals surface area contributed by atoms with Gasteiger partial charge in [0.1, 0.15) is 23.0 Å². The van der Waals surface area contributed by atoms with Gasteiger partial charge in [-0.2, -0.15) is 0 Å². The molecule has 0 atom stereocenters. The molecule has 0 saturated heterocycles. The molecule has 0 amide bonds. The second kappa shape index (κ2) is 9.43. The van der Waals surface area contributed by atoms with E-state index in [1.807, 2.05) is 52.0 Å². The monoisotopic (exact) mass is 508 g/mol. The van der Waals surface area contributed by atoms with E-state index < -0.39 is 0 Å². The van der Waals surface area contributed by atoms with E-state index >= 15 is 0 Å². The van der Waals surface area contributed by atoms with Gasteiger partial charge in [-0.15, -0.1) is 0 Å². The van der Waals surface area contributed by atoms with Gasteiger partial charge in [0.25, 0.3) is 0 Å². The maximum atomic E-state index is 10.3. The fourth-order valence-electron chi connectivity index (χ4n) is 6.40. The van der Waals surface area contributed by atoms with Crippen LogP contribution < -0.4 is 0 Å². The van der Waals surface area contributed by atoms with Gasteiger partial charge in [-0.1, -0.05) is 48.5 Å². The number of benzene rings is 4. The topological polar surface area (TPSA) is 80.9 Å². The Bertz CT molecular complexity index is 1290.